The van der Waals surface area contributed by atoms with E-state index in [2.05, 4.69) is 5.32 Å². The average molecular weight is 421 g/mol. The van der Waals surface area contributed by atoms with Gasteiger partial charge in [-0.05, 0) is 45.0 Å². The van der Waals surface area contributed by atoms with Crippen molar-refractivity contribution in [3.8, 4) is 11.5 Å². The second kappa shape index (κ2) is 9.47. The molecule has 1 atom stereocenters. The van der Waals surface area contributed by atoms with Crippen LogP contribution in [0.4, 0.5) is 4.79 Å². The van der Waals surface area contributed by atoms with Crippen molar-refractivity contribution in [2.75, 3.05) is 7.11 Å². The number of nitrogens with one attached hydrogen (secondary N) is 1. The van der Waals surface area contributed by atoms with Gasteiger partial charge in [0.2, 0.25) is 0 Å². The quantitative estimate of drug-likeness (QED) is 0.524. The Morgan fingerprint density at radius 2 is 1.34 bits per heavy atom. The average Bonchev–Trinajstić information content (AvgIpc) is 2.65. The van der Waals surface area contributed by atoms with Crippen LogP contribution in [0.3, 0.4) is 0 Å². The summed E-state index contributed by atoms with van der Waals surface area (Å²) in [6, 6.07) is 16.3. The number of carbonyl (C=O) groups is 2. The number of benzene rings is 2. The van der Waals surface area contributed by atoms with Gasteiger partial charge >= 0.3 is 19.7 Å². The van der Waals surface area contributed by atoms with Gasteiger partial charge in [-0.15, -0.1) is 0 Å². The lowest BCUT2D eigenvalue weighted by Gasteiger charge is -2.27. The molecule has 2 aromatic carbocycles. The topological polar surface area (TPSA) is 100 Å². The minimum absolute atomic E-state index is 0.187. The molecule has 0 saturated heterocycles. The first-order valence-corrected chi connectivity index (χ1v) is 10.4. The summed E-state index contributed by atoms with van der Waals surface area (Å²) in [6.07, 6.45) is -0.971. The van der Waals surface area contributed by atoms with Gasteiger partial charge < -0.3 is 18.5 Å². The molecule has 29 heavy (non-hydrogen) atoms. The smallest absolute Gasteiger partial charge is 0.464 e. The third-order valence-corrected chi connectivity index (χ3v) is 5.25. The van der Waals surface area contributed by atoms with E-state index in [0.717, 1.165) is 7.11 Å². The molecule has 0 saturated carbocycles. The van der Waals surface area contributed by atoms with Gasteiger partial charge in [0.25, 0.3) is 5.78 Å². The van der Waals surface area contributed by atoms with Crippen molar-refractivity contribution in [3.63, 3.8) is 0 Å². The maximum absolute atomic E-state index is 13.7. The van der Waals surface area contributed by atoms with Gasteiger partial charge in [0.15, 0.2) is 0 Å². The summed E-state index contributed by atoms with van der Waals surface area (Å²) in [6.45, 7) is 4.96. The van der Waals surface area contributed by atoms with Gasteiger partial charge in [0, 0.05) is 0 Å². The van der Waals surface area contributed by atoms with Crippen LogP contribution in [0.5, 0.6) is 11.5 Å². The number of carbonyl (C=O) groups excluding carboxylic acids is 2. The predicted octanol–water partition coefficient (Wildman–Crippen LogP) is 4.36. The van der Waals surface area contributed by atoms with Crippen LogP contribution in [0, 0.1) is 0 Å². The second-order valence-electron chi connectivity index (χ2n) is 6.92. The van der Waals surface area contributed by atoms with Crippen LogP contribution in [0.15, 0.2) is 60.7 Å². The first-order valence-electron chi connectivity index (χ1n) is 8.79. The number of hydrogen-bond acceptors (Lipinski definition) is 7. The van der Waals surface area contributed by atoms with Crippen molar-refractivity contribution < 1.29 is 32.7 Å². The normalized spacial score (nSPS) is 12.4. The first kappa shape index (κ1) is 22.3. The van der Waals surface area contributed by atoms with E-state index in [4.69, 9.17) is 18.5 Å². The van der Waals surface area contributed by atoms with Crippen LogP contribution in [0.25, 0.3) is 0 Å². The number of ether oxygens (including phenoxy) is 2. The summed E-state index contributed by atoms with van der Waals surface area (Å²) < 4.78 is 34.8. The van der Waals surface area contributed by atoms with Crippen LogP contribution >= 0.6 is 7.60 Å². The molecule has 156 valence electrons. The maximum atomic E-state index is 13.7. The van der Waals surface area contributed by atoms with E-state index < -0.39 is 31.0 Å². The van der Waals surface area contributed by atoms with Crippen LogP contribution in [-0.2, 0) is 18.8 Å². The Labute approximate surface area is 169 Å². The Balaban J connectivity index is 2.41. The van der Waals surface area contributed by atoms with E-state index in [0.29, 0.717) is 0 Å². The molecule has 0 aliphatic rings. The predicted molar refractivity (Wildman–Crippen MR) is 107 cm³/mol. The monoisotopic (exact) mass is 421 g/mol. The standard InChI is InChI=1S/C20H24NO7P/c1-20(2,3)26-19(23)21-17(18(22)25-4)29(24,27-15-11-7-5-8-12-15)28-16-13-9-6-10-14-16/h5-14,17H,1-4H3,(H,21,23). The molecule has 1 N–H and O–H groups in total. The molecule has 8 nitrogen and oxygen atoms in total. The summed E-state index contributed by atoms with van der Waals surface area (Å²) in [5.41, 5.74) is -0.838. The molecule has 0 spiro atoms. The van der Waals surface area contributed by atoms with E-state index in [1.54, 1.807) is 81.4 Å². The summed E-state index contributed by atoms with van der Waals surface area (Å²) >= 11 is 0. The van der Waals surface area contributed by atoms with Crippen LogP contribution in [0.2, 0.25) is 0 Å². The summed E-state index contributed by atoms with van der Waals surface area (Å²) in [7, 11) is -3.25. The fourth-order valence-electron chi connectivity index (χ4n) is 2.18. The lowest BCUT2D eigenvalue weighted by molar-refractivity contribution is -0.141. The highest BCUT2D eigenvalue weighted by molar-refractivity contribution is 7.56. The Hall–Kier alpha value is -2.99. The Kier molecular flexibility index (Phi) is 7.29. The number of hydrogen-bond donors (Lipinski definition) is 1. The largest absolute Gasteiger partial charge is 0.467 e. The van der Waals surface area contributed by atoms with Crippen molar-refractivity contribution in [1.29, 1.82) is 0 Å². The number of rotatable bonds is 7. The van der Waals surface area contributed by atoms with Crippen LogP contribution < -0.4 is 14.4 Å². The molecule has 1 unspecified atom stereocenters. The molecule has 0 aromatic heterocycles. The minimum atomic E-state index is -4.35. The number of amides is 1. The van der Waals surface area contributed by atoms with E-state index in [9.17, 15) is 14.2 Å². The fourth-order valence-corrected chi connectivity index (χ4v) is 3.88. The highest BCUT2D eigenvalue weighted by atomic mass is 31.2. The Morgan fingerprint density at radius 3 is 1.72 bits per heavy atom. The molecule has 0 bridgehead atoms. The number of esters is 1. The SMILES string of the molecule is COC(=O)C(NC(=O)OC(C)(C)C)P(=O)(Oc1ccccc1)Oc1ccccc1. The molecule has 0 aliphatic carbocycles. The molecule has 0 radical (unpaired) electrons. The second-order valence-corrected chi connectivity index (χ2v) is 8.88. The van der Waals surface area contributed by atoms with Gasteiger partial charge in [0.05, 0.1) is 7.11 Å². The van der Waals surface area contributed by atoms with Gasteiger partial charge in [-0.2, -0.15) is 0 Å². The molecule has 0 aliphatic heterocycles. The van der Waals surface area contributed by atoms with E-state index >= 15 is 0 Å². The molecular weight excluding hydrogens is 397 g/mol. The van der Waals surface area contributed by atoms with E-state index in [1.165, 1.54) is 0 Å². The van der Waals surface area contributed by atoms with Crippen LogP contribution in [0.1, 0.15) is 20.8 Å². The number of para-hydroxylation sites is 2. The highest BCUT2D eigenvalue weighted by Gasteiger charge is 2.47. The van der Waals surface area contributed by atoms with Gasteiger partial charge in [0.1, 0.15) is 17.1 Å². The van der Waals surface area contributed by atoms with Gasteiger partial charge in [-0.25, -0.2) is 14.2 Å². The lowest BCUT2D eigenvalue weighted by Crippen LogP contribution is -2.45. The van der Waals surface area contributed by atoms with Gasteiger partial charge in [-0.1, -0.05) is 36.4 Å². The van der Waals surface area contributed by atoms with Crippen molar-refractivity contribution in [1.82, 2.24) is 5.32 Å². The van der Waals surface area contributed by atoms with E-state index in [1.807, 2.05) is 0 Å². The lowest BCUT2D eigenvalue weighted by atomic mass is 10.2. The zero-order valence-corrected chi connectivity index (χ0v) is 17.6. The zero-order chi connectivity index (χ0) is 21.5. The number of alkyl carbamates (subject to hydrolysis) is 1. The molecule has 9 heteroatoms. The first-order chi connectivity index (χ1) is 13.6. The van der Waals surface area contributed by atoms with Crippen molar-refractivity contribution in [2.45, 2.75) is 32.2 Å². The van der Waals surface area contributed by atoms with Crippen molar-refractivity contribution >= 4 is 19.7 Å². The summed E-state index contributed by atoms with van der Waals surface area (Å²) in [4.78, 5) is 24.7. The maximum Gasteiger partial charge on any atom is 0.464 e. The summed E-state index contributed by atoms with van der Waals surface area (Å²) in [5, 5.41) is 2.26. The molecule has 2 rings (SSSR count). The summed E-state index contributed by atoms with van der Waals surface area (Å²) in [5.74, 6) is -2.40. The molecule has 0 fully saturated rings. The molecule has 2 aromatic rings. The van der Waals surface area contributed by atoms with Gasteiger partial charge in [-0.3, -0.25) is 5.32 Å². The zero-order valence-electron chi connectivity index (χ0n) is 16.7. The Bertz CT molecular complexity index is 820. The van der Waals surface area contributed by atoms with E-state index in [-0.39, 0.29) is 11.5 Å². The van der Waals surface area contributed by atoms with Crippen molar-refractivity contribution in [2.24, 2.45) is 0 Å². The third-order valence-electron chi connectivity index (χ3n) is 3.35. The molecule has 0 heterocycles. The van der Waals surface area contributed by atoms with Crippen molar-refractivity contribution in [3.05, 3.63) is 60.7 Å². The number of methoxy groups -OCH3 is 1. The van der Waals surface area contributed by atoms with Crippen LogP contribution in [-0.4, -0.2) is 30.6 Å². The third kappa shape index (κ3) is 6.84. The molecular formula is C20H24NO7P. The minimum Gasteiger partial charge on any atom is -0.467 e. The fraction of sp³-hybridized carbons (Fsp3) is 0.300. The molecule has 1 amide bonds. The highest BCUT2D eigenvalue weighted by Crippen LogP contribution is 2.52. The Morgan fingerprint density at radius 1 is 0.897 bits per heavy atom.